The van der Waals surface area contributed by atoms with Gasteiger partial charge in [-0.3, -0.25) is 0 Å². The molecule has 4 fully saturated rings. The molecule has 19 heavy (non-hydrogen) atoms. The summed E-state index contributed by atoms with van der Waals surface area (Å²) in [5.41, 5.74) is 0. The zero-order valence-electron chi connectivity index (χ0n) is 12.5. The van der Waals surface area contributed by atoms with E-state index >= 15 is 0 Å². The van der Waals surface area contributed by atoms with Crippen molar-refractivity contribution in [1.29, 1.82) is 0 Å². The standard InChI is InChI=1S/C17H30N2/c1-2-19-7-6-12(11-19)10-18-17-9-13-8-16(17)15-5-3-4-14(13)15/h12-18H,2-11H2,1H3. The Morgan fingerprint density at radius 1 is 1.05 bits per heavy atom. The fourth-order valence-corrected chi connectivity index (χ4v) is 5.99. The van der Waals surface area contributed by atoms with Crippen LogP contribution in [0, 0.1) is 29.6 Å². The van der Waals surface area contributed by atoms with Crippen LogP contribution in [0.2, 0.25) is 0 Å². The van der Waals surface area contributed by atoms with E-state index in [1.54, 1.807) is 19.3 Å². The predicted molar refractivity (Wildman–Crippen MR) is 79.1 cm³/mol. The summed E-state index contributed by atoms with van der Waals surface area (Å²) in [6.07, 6.45) is 9.15. The molecule has 1 saturated heterocycles. The van der Waals surface area contributed by atoms with E-state index in [9.17, 15) is 0 Å². The summed E-state index contributed by atoms with van der Waals surface area (Å²) in [6.45, 7) is 7.52. The summed E-state index contributed by atoms with van der Waals surface area (Å²) < 4.78 is 0. The smallest absolute Gasteiger partial charge is 0.0101 e. The molecule has 1 N–H and O–H groups in total. The molecule has 4 aliphatic rings. The normalized spacial score (nSPS) is 49.1. The van der Waals surface area contributed by atoms with Gasteiger partial charge in [0.15, 0.2) is 0 Å². The van der Waals surface area contributed by atoms with Crippen molar-refractivity contribution in [3.63, 3.8) is 0 Å². The second kappa shape index (κ2) is 5.04. The Morgan fingerprint density at radius 3 is 2.79 bits per heavy atom. The van der Waals surface area contributed by atoms with Crippen molar-refractivity contribution in [3.8, 4) is 0 Å². The molecule has 2 heteroatoms. The lowest BCUT2D eigenvalue weighted by atomic mass is 9.79. The van der Waals surface area contributed by atoms with Gasteiger partial charge in [-0.15, -0.1) is 0 Å². The van der Waals surface area contributed by atoms with Gasteiger partial charge in [-0.2, -0.15) is 0 Å². The summed E-state index contributed by atoms with van der Waals surface area (Å²) in [6, 6.07) is 0.889. The molecule has 0 radical (unpaired) electrons. The van der Waals surface area contributed by atoms with E-state index in [0.29, 0.717) is 0 Å². The molecule has 2 bridgehead atoms. The highest BCUT2D eigenvalue weighted by atomic mass is 15.1. The van der Waals surface area contributed by atoms with E-state index < -0.39 is 0 Å². The first-order valence-electron chi connectivity index (χ1n) is 8.81. The summed E-state index contributed by atoms with van der Waals surface area (Å²) in [5, 5.41) is 3.99. The minimum atomic E-state index is 0.889. The molecule has 2 nitrogen and oxygen atoms in total. The Morgan fingerprint density at radius 2 is 1.95 bits per heavy atom. The molecule has 1 heterocycles. The van der Waals surface area contributed by atoms with Crippen molar-refractivity contribution in [2.45, 2.75) is 51.5 Å². The summed E-state index contributed by atoms with van der Waals surface area (Å²) in [5.74, 6) is 5.35. The second-order valence-electron chi connectivity index (χ2n) is 7.72. The van der Waals surface area contributed by atoms with Crippen LogP contribution in [-0.4, -0.2) is 37.1 Å². The Kier molecular flexibility index (Phi) is 3.35. The van der Waals surface area contributed by atoms with Crippen LogP contribution >= 0.6 is 0 Å². The van der Waals surface area contributed by atoms with Crippen molar-refractivity contribution in [1.82, 2.24) is 10.2 Å². The average molecular weight is 262 g/mol. The lowest BCUT2D eigenvalue weighted by Crippen LogP contribution is -2.41. The summed E-state index contributed by atoms with van der Waals surface area (Å²) >= 11 is 0. The molecule has 1 aliphatic heterocycles. The summed E-state index contributed by atoms with van der Waals surface area (Å²) in [4.78, 5) is 2.61. The quantitative estimate of drug-likeness (QED) is 0.838. The molecule has 6 unspecified atom stereocenters. The lowest BCUT2D eigenvalue weighted by molar-refractivity contribution is 0.203. The van der Waals surface area contributed by atoms with Crippen LogP contribution in [-0.2, 0) is 0 Å². The zero-order chi connectivity index (χ0) is 12.8. The first kappa shape index (κ1) is 12.6. The van der Waals surface area contributed by atoms with Crippen LogP contribution < -0.4 is 5.32 Å². The van der Waals surface area contributed by atoms with Crippen LogP contribution in [0.5, 0.6) is 0 Å². The Balaban J connectivity index is 1.29. The van der Waals surface area contributed by atoms with Gasteiger partial charge in [0.25, 0.3) is 0 Å². The number of nitrogens with zero attached hydrogens (tertiary/aromatic N) is 1. The van der Waals surface area contributed by atoms with Crippen molar-refractivity contribution >= 4 is 0 Å². The monoisotopic (exact) mass is 262 g/mol. The van der Waals surface area contributed by atoms with E-state index in [2.05, 4.69) is 17.1 Å². The number of fused-ring (bicyclic) bond motifs is 5. The molecule has 0 aromatic rings. The third-order valence-electron chi connectivity index (χ3n) is 6.91. The number of hydrogen-bond acceptors (Lipinski definition) is 2. The number of rotatable bonds is 4. The average Bonchev–Trinajstić information content (AvgIpc) is 3.16. The maximum Gasteiger partial charge on any atom is 0.0101 e. The van der Waals surface area contributed by atoms with Gasteiger partial charge in [0.1, 0.15) is 0 Å². The maximum atomic E-state index is 3.99. The summed E-state index contributed by atoms with van der Waals surface area (Å²) in [7, 11) is 0. The highest BCUT2D eigenvalue weighted by Gasteiger charge is 2.53. The van der Waals surface area contributed by atoms with Crippen LogP contribution in [0.1, 0.15) is 45.4 Å². The minimum absolute atomic E-state index is 0.889. The topological polar surface area (TPSA) is 15.3 Å². The van der Waals surface area contributed by atoms with Crippen molar-refractivity contribution in [2.75, 3.05) is 26.2 Å². The van der Waals surface area contributed by atoms with Gasteiger partial charge in [0, 0.05) is 12.6 Å². The number of hydrogen-bond donors (Lipinski definition) is 1. The van der Waals surface area contributed by atoms with E-state index in [1.807, 2.05) is 0 Å². The highest BCUT2D eigenvalue weighted by molar-refractivity contribution is 5.05. The van der Waals surface area contributed by atoms with Crippen molar-refractivity contribution in [3.05, 3.63) is 0 Å². The number of nitrogens with one attached hydrogen (secondary N) is 1. The third-order valence-corrected chi connectivity index (χ3v) is 6.91. The Hall–Kier alpha value is -0.0800. The van der Waals surface area contributed by atoms with E-state index in [0.717, 1.165) is 35.6 Å². The molecule has 0 aromatic heterocycles. The van der Waals surface area contributed by atoms with Crippen LogP contribution in [0.25, 0.3) is 0 Å². The zero-order valence-corrected chi connectivity index (χ0v) is 12.5. The van der Waals surface area contributed by atoms with E-state index in [1.165, 1.54) is 45.4 Å². The van der Waals surface area contributed by atoms with Gasteiger partial charge in [0.05, 0.1) is 0 Å². The lowest BCUT2D eigenvalue weighted by Gasteiger charge is -2.33. The van der Waals surface area contributed by atoms with Crippen LogP contribution in [0.15, 0.2) is 0 Å². The van der Waals surface area contributed by atoms with Crippen molar-refractivity contribution in [2.24, 2.45) is 29.6 Å². The van der Waals surface area contributed by atoms with Gasteiger partial charge in [-0.05, 0) is 81.3 Å². The molecular formula is C17H30N2. The minimum Gasteiger partial charge on any atom is -0.313 e. The molecule has 3 saturated carbocycles. The maximum absolute atomic E-state index is 3.99. The van der Waals surface area contributed by atoms with Gasteiger partial charge >= 0.3 is 0 Å². The van der Waals surface area contributed by atoms with E-state index in [4.69, 9.17) is 0 Å². The molecular weight excluding hydrogens is 232 g/mol. The van der Waals surface area contributed by atoms with Gasteiger partial charge in [0.2, 0.25) is 0 Å². The Bertz CT molecular complexity index is 329. The van der Waals surface area contributed by atoms with Gasteiger partial charge in [-0.1, -0.05) is 13.3 Å². The first-order chi connectivity index (χ1) is 9.35. The highest BCUT2D eigenvalue weighted by Crippen LogP contribution is 2.58. The number of likely N-dealkylation sites (tertiary alicyclic amines) is 1. The molecule has 3 aliphatic carbocycles. The SMILES string of the molecule is CCN1CCC(CNC2CC3CC2C2CCCC32)C1. The molecule has 0 aromatic carbocycles. The second-order valence-corrected chi connectivity index (χ2v) is 7.72. The molecule has 6 atom stereocenters. The van der Waals surface area contributed by atoms with Gasteiger partial charge < -0.3 is 10.2 Å². The molecule has 0 amide bonds. The fourth-order valence-electron chi connectivity index (χ4n) is 5.99. The van der Waals surface area contributed by atoms with E-state index in [-0.39, 0.29) is 0 Å². The fraction of sp³-hybridized carbons (Fsp3) is 1.00. The molecule has 4 rings (SSSR count). The van der Waals surface area contributed by atoms with Crippen LogP contribution in [0.3, 0.4) is 0 Å². The first-order valence-corrected chi connectivity index (χ1v) is 8.81. The predicted octanol–water partition coefficient (Wildman–Crippen LogP) is 2.74. The van der Waals surface area contributed by atoms with Crippen LogP contribution in [0.4, 0.5) is 0 Å². The third kappa shape index (κ3) is 2.15. The molecule has 0 spiro atoms. The Labute approximate surface area is 118 Å². The van der Waals surface area contributed by atoms with Crippen molar-refractivity contribution < 1.29 is 0 Å². The van der Waals surface area contributed by atoms with Gasteiger partial charge in [-0.25, -0.2) is 0 Å². The molecule has 108 valence electrons. The largest absolute Gasteiger partial charge is 0.313 e.